The van der Waals surface area contributed by atoms with Crippen LogP contribution in [0.2, 0.25) is 0 Å². The molecule has 1 aliphatic rings. The highest BCUT2D eigenvalue weighted by Gasteiger charge is 1.98. The Morgan fingerprint density at radius 3 is 3.00 bits per heavy atom. The summed E-state index contributed by atoms with van der Waals surface area (Å²) in [7, 11) is 0. The van der Waals surface area contributed by atoms with Crippen molar-refractivity contribution in [3.8, 4) is 0 Å². The largest absolute Gasteiger partial charge is 0.0883 e. The van der Waals surface area contributed by atoms with Gasteiger partial charge in [-0.15, -0.1) is 0 Å². The van der Waals surface area contributed by atoms with Gasteiger partial charge in [-0.25, -0.2) is 0 Å². The van der Waals surface area contributed by atoms with Gasteiger partial charge in [0.2, 0.25) is 0 Å². The minimum absolute atomic E-state index is 0.588. The summed E-state index contributed by atoms with van der Waals surface area (Å²) in [5.74, 6) is 0.588. The molecule has 0 bridgehead atoms. The Hall–Kier alpha value is -0.260. The van der Waals surface area contributed by atoms with Gasteiger partial charge in [0.15, 0.2) is 0 Å². The van der Waals surface area contributed by atoms with Crippen molar-refractivity contribution in [2.45, 2.75) is 32.1 Å². The molecule has 0 fully saturated rings. The summed E-state index contributed by atoms with van der Waals surface area (Å²) in [5, 5.41) is 0. The average Bonchev–Trinajstić information content (AvgIpc) is 1.79. The van der Waals surface area contributed by atoms with Crippen LogP contribution < -0.4 is 0 Å². The molecule has 0 spiro atoms. The maximum absolute atomic E-state index is 4.01. The molecule has 9 heavy (non-hydrogen) atoms. The van der Waals surface area contributed by atoms with Gasteiger partial charge >= 0.3 is 0 Å². The van der Waals surface area contributed by atoms with Crippen LogP contribution >= 0.6 is 0 Å². The molecule has 1 radical (unpaired) electrons. The zero-order chi connectivity index (χ0) is 6.53. The predicted octanol–water partition coefficient (Wildman–Crippen LogP) is 2.96. The second kappa shape index (κ2) is 3.71. The number of hydrogen-bond acceptors (Lipinski definition) is 0. The van der Waals surface area contributed by atoms with E-state index in [2.05, 4.69) is 19.1 Å². The molecule has 51 valence electrons. The highest BCUT2D eigenvalue weighted by Crippen LogP contribution is 2.15. The molecule has 0 aliphatic heterocycles. The quantitative estimate of drug-likeness (QED) is 0.434. The van der Waals surface area contributed by atoms with Gasteiger partial charge in [0.25, 0.3) is 0 Å². The minimum atomic E-state index is 0.588. The predicted molar refractivity (Wildman–Crippen MR) is 41.1 cm³/mol. The Morgan fingerprint density at radius 1 is 1.22 bits per heavy atom. The third-order valence-corrected chi connectivity index (χ3v) is 1.85. The van der Waals surface area contributed by atoms with Crippen LogP contribution in [0.25, 0.3) is 0 Å². The van der Waals surface area contributed by atoms with Gasteiger partial charge in [-0.05, 0) is 32.1 Å². The molecule has 0 saturated heterocycles. The van der Waals surface area contributed by atoms with E-state index in [9.17, 15) is 0 Å². The smallest absolute Gasteiger partial charge is 0.0233 e. The Labute approximate surface area is 58.0 Å². The Morgan fingerprint density at radius 2 is 2.11 bits per heavy atom. The molecule has 0 aromatic rings. The van der Waals surface area contributed by atoms with E-state index in [1.165, 1.54) is 32.1 Å². The van der Waals surface area contributed by atoms with Gasteiger partial charge in [0, 0.05) is 0 Å². The Kier molecular flexibility index (Phi) is 2.82. The Bertz CT molecular complexity index is 92.2. The molecular weight excluding hydrogens is 108 g/mol. The molecule has 0 aromatic heterocycles. The summed E-state index contributed by atoms with van der Waals surface area (Å²) in [4.78, 5) is 0. The number of rotatable bonds is 0. The molecule has 0 heterocycles. The van der Waals surface area contributed by atoms with Crippen molar-refractivity contribution in [1.29, 1.82) is 0 Å². The summed E-state index contributed by atoms with van der Waals surface area (Å²) in [5.41, 5.74) is 0. The number of allylic oxidation sites excluding steroid dienone is 2. The summed E-state index contributed by atoms with van der Waals surface area (Å²) in [6.45, 7) is 4.01. The van der Waals surface area contributed by atoms with Crippen LogP contribution in [-0.4, -0.2) is 0 Å². The van der Waals surface area contributed by atoms with Crippen molar-refractivity contribution < 1.29 is 0 Å². The summed E-state index contributed by atoms with van der Waals surface area (Å²) in [6, 6.07) is 0. The van der Waals surface area contributed by atoms with Crippen molar-refractivity contribution in [3.63, 3.8) is 0 Å². The lowest BCUT2D eigenvalue weighted by atomic mass is 9.98. The van der Waals surface area contributed by atoms with Crippen molar-refractivity contribution in [2.24, 2.45) is 5.92 Å². The van der Waals surface area contributed by atoms with E-state index in [0.29, 0.717) is 5.92 Å². The molecule has 0 nitrogen and oxygen atoms in total. The first-order chi connectivity index (χ1) is 4.39. The van der Waals surface area contributed by atoms with Crippen LogP contribution in [0.15, 0.2) is 12.2 Å². The Balaban J connectivity index is 2.30. The monoisotopic (exact) mass is 123 g/mol. The molecule has 0 aromatic carbocycles. The molecule has 0 saturated carbocycles. The average molecular weight is 123 g/mol. The summed E-state index contributed by atoms with van der Waals surface area (Å²) >= 11 is 0. The van der Waals surface area contributed by atoms with E-state index < -0.39 is 0 Å². The van der Waals surface area contributed by atoms with E-state index in [1.807, 2.05) is 0 Å². The first-order valence-electron chi connectivity index (χ1n) is 3.89. The van der Waals surface area contributed by atoms with Gasteiger partial charge < -0.3 is 0 Å². The molecule has 0 heteroatoms. The lowest BCUT2D eigenvalue weighted by Gasteiger charge is -2.07. The molecule has 0 N–H and O–H groups in total. The van der Waals surface area contributed by atoms with Crippen molar-refractivity contribution in [2.75, 3.05) is 0 Å². The van der Waals surface area contributed by atoms with Gasteiger partial charge in [0.05, 0.1) is 0 Å². The zero-order valence-corrected chi connectivity index (χ0v) is 5.97. The van der Waals surface area contributed by atoms with Crippen molar-refractivity contribution >= 4 is 0 Å². The van der Waals surface area contributed by atoms with Gasteiger partial charge in [-0.2, -0.15) is 0 Å². The fourth-order valence-corrected chi connectivity index (χ4v) is 1.23. The van der Waals surface area contributed by atoms with Crippen LogP contribution in [-0.2, 0) is 0 Å². The molecule has 1 aliphatic carbocycles. The molecule has 1 unspecified atom stereocenters. The fourth-order valence-electron chi connectivity index (χ4n) is 1.23. The molecule has 1 rings (SSSR count). The van der Waals surface area contributed by atoms with Gasteiger partial charge in [-0.3, -0.25) is 0 Å². The fraction of sp³-hybridized carbons (Fsp3) is 0.667. The summed E-state index contributed by atoms with van der Waals surface area (Å²) in [6.07, 6.45) is 11.2. The maximum atomic E-state index is 4.01. The maximum Gasteiger partial charge on any atom is -0.0233 e. The lowest BCUT2D eigenvalue weighted by Crippen LogP contribution is -1.92. The minimum Gasteiger partial charge on any atom is -0.0883 e. The van der Waals surface area contributed by atoms with E-state index >= 15 is 0 Å². The van der Waals surface area contributed by atoms with Crippen molar-refractivity contribution in [3.05, 3.63) is 19.1 Å². The lowest BCUT2D eigenvalue weighted by molar-refractivity contribution is 0.580. The third kappa shape index (κ3) is 2.69. The second-order valence-electron chi connectivity index (χ2n) is 2.83. The van der Waals surface area contributed by atoms with E-state index in [0.717, 1.165) is 0 Å². The summed E-state index contributed by atoms with van der Waals surface area (Å²) < 4.78 is 0. The second-order valence-corrected chi connectivity index (χ2v) is 2.83. The molecule has 1 atom stereocenters. The van der Waals surface area contributed by atoms with Gasteiger partial charge in [-0.1, -0.05) is 25.0 Å². The van der Waals surface area contributed by atoms with Crippen molar-refractivity contribution in [1.82, 2.24) is 0 Å². The zero-order valence-electron chi connectivity index (χ0n) is 5.97. The molecular formula is C9H15. The highest BCUT2D eigenvalue weighted by atomic mass is 14.0. The van der Waals surface area contributed by atoms with Crippen LogP contribution in [0, 0.1) is 12.8 Å². The highest BCUT2D eigenvalue weighted by molar-refractivity contribution is 4.90. The van der Waals surface area contributed by atoms with Crippen LogP contribution in [0.4, 0.5) is 0 Å². The van der Waals surface area contributed by atoms with E-state index in [-0.39, 0.29) is 0 Å². The van der Waals surface area contributed by atoms with Crippen LogP contribution in [0.1, 0.15) is 32.1 Å². The SMILES string of the molecule is [CH2]C1/C=C\CCCCC1. The number of hydrogen-bond donors (Lipinski definition) is 0. The topological polar surface area (TPSA) is 0 Å². The van der Waals surface area contributed by atoms with Crippen LogP contribution in [0.5, 0.6) is 0 Å². The first kappa shape index (κ1) is 6.85. The first-order valence-corrected chi connectivity index (χ1v) is 3.89. The van der Waals surface area contributed by atoms with Gasteiger partial charge in [0.1, 0.15) is 0 Å². The van der Waals surface area contributed by atoms with Crippen LogP contribution in [0.3, 0.4) is 0 Å². The van der Waals surface area contributed by atoms with E-state index in [4.69, 9.17) is 0 Å². The normalized spacial score (nSPS) is 32.8. The standard InChI is InChI=1S/C9H15/c1-9-7-5-3-2-4-6-8-9/h5,7,9H,1-4,6,8H2/b7-5-. The van der Waals surface area contributed by atoms with E-state index in [1.54, 1.807) is 0 Å². The molecule has 0 amide bonds. The third-order valence-electron chi connectivity index (χ3n) is 1.85.